The third kappa shape index (κ3) is 4.80. The maximum Gasteiger partial charge on any atom is 0.416 e. The van der Waals surface area contributed by atoms with E-state index in [2.05, 4.69) is 4.72 Å². The molecule has 0 spiro atoms. The second-order valence-electron chi connectivity index (χ2n) is 7.78. The van der Waals surface area contributed by atoms with Crippen molar-refractivity contribution in [2.45, 2.75) is 49.5 Å². The van der Waals surface area contributed by atoms with Crippen LogP contribution in [0, 0.1) is 0 Å². The van der Waals surface area contributed by atoms with Crippen LogP contribution in [-0.2, 0) is 18.5 Å². The molecule has 180 valence electrons. The fraction of sp³-hybridized carbons (Fsp3) is 0.400. The van der Waals surface area contributed by atoms with Gasteiger partial charge in [-0.15, -0.1) is 0 Å². The minimum absolute atomic E-state index is 0.0588. The minimum Gasteiger partial charge on any atom is -0.241 e. The van der Waals surface area contributed by atoms with E-state index < -0.39 is 53.3 Å². The number of hydrogen-bond donors (Lipinski definition) is 1. The third-order valence-corrected chi connectivity index (χ3v) is 7.13. The zero-order chi connectivity index (χ0) is 24.3. The highest BCUT2D eigenvalue weighted by molar-refractivity contribution is 7.95. The Hall–Kier alpha value is -1.63. The van der Waals surface area contributed by atoms with Gasteiger partial charge in [-0.1, -0.05) is 11.6 Å². The van der Waals surface area contributed by atoms with Gasteiger partial charge < -0.3 is 0 Å². The predicted molar refractivity (Wildman–Crippen MR) is 104 cm³/mol. The quantitative estimate of drug-likeness (QED) is 0.321. The molecule has 2 fully saturated rings. The van der Waals surface area contributed by atoms with Crippen LogP contribution in [-0.4, -0.2) is 10.3 Å². The van der Waals surface area contributed by atoms with Gasteiger partial charge in [0.05, 0.1) is 22.7 Å². The predicted octanol–water partition coefficient (Wildman–Crippen LogP) is 7.81. The van der Waals surface area contributed by atoms with Gasteiger partial charge in [0.1, 0.15) is 0 Å². The molecule has 3 atom stereocenters. The van der Waals surface area contributed by atoms with Crippen molar-refractivity contribution in [3.8, 4) is 0 Å². The first-order chi connectivity index (χ1) is 15.2. The number of hydrogen-bond acceptors (Lipinski definition) is 3. The van der Waals surface area contributed by atoms with Gasteiger partial charge in [0.25, 0.3) is 0 Å². The van der Waals surface area contributed by atoms with Crippen molar-refractivity contribution in [2.24, 2.45) is 0 Å². The number of benzene rings is 2. The van der Waals surface area contributed by atoms with E-state index in [1.165, 1.54) is 0 Å². The molecule has 0 bridgehead atoms. The lowest BCUT2D eigenvalue weighted by Gasteiger charge is -2.24. The van der Waals surface area contributed by atoms with E-state index in [4.69, 9.17) is 11.6 Å². The van der Waals surface area contributed by atoms with E-state index in [-0.39, 0.29) is 22.2 Å². The van der Waals surface area contributed by atoms with Crippen LogP contribution in [0.1, 0.15) is 52.7 Å². The Morgan fingerprint density at radius 1 is 0.788 bits per heavy atom. The van der Waals surface area contributed by atoms with Crippen molar-refractivity contribution in [3.63, 3.8) is 0 Å². The number of nitrogens with zero attached hydrogens (tertiary/aromatic N) is 1. The lowest BCUT2D eigenvalue weighted by Crippen LogP contribution is -2.26. The van der Waals surface area contributed by atoms with E-state index in [1.807, 2.05) is 0 Å². The summed E-state index contributed by atoms with van der Waals surface area (Å²) in [6.45, 7) is 0. The van der Waals surface area contributed by atoms with E-state index in [9.17, 15) is 39.5 Å². The molecule has 2 heterocycles. The van der Waals surface area contributed by atoms with Gasteiger partial charge in [-0.2, -0.15) is 39.5 Å². The van der Waals surface area contributed by atoms with Crippen molar-refractivity contribution in [1.29, 1.82) is 0 Å². The van der Waals surface area contributed by atoms with Gasteiger partial charge in [-0.05, 0) is 60.4 Å². The Morgan fingerprint density at radius 3 is 1.91 bits per heavy atom. The average molecular weight is 521 g/mol. The molecule has 0 aromatic heterocycles. The SMILES string of the molecule is FC(F)(F)c1cc([C@H]2NSN3[C@H](c4cc(C(F)(F)F)ccc4Cl)CC[C@@H]23)cc(C(F)(F)F)c1. The van der Waals surface area contributed by atoms with Crippen LogP contribution < -0.4 is 4.72 Å². The average Bonchev–Trinajstić information content (AvgIpc) is 3.28. The van der Waals surface area contributed by atoms with Crippen LogP contribution in [0.15, 0.2) is 36.4 Å². The van der Waals surface area contributed by atoms with Gasteiger partial charge in [0.2, 0.25) is 0 Å². The molecular weight excluding hydrogens is 507 g/mol. The van der Waals surface area contributed by atoms with Crippen LogP contribution in [0.3, 0.4) is 0 Å². The van der Waals surface area contributed by atoms with Crippen LogP contribution in [0.4, 0.5) is 39.5 Å². The number of alkyl halides is 9. The van der Waals surface area contributed by atoms with Crippen molar-refractivity contribution in [2.75, 3.05) is 0 Å². The zero-order valence-electron chi connectivity index (χ0n) is 16.2. The molecule has 2 nitrogen and oxygen atoms in total. The Morgan fingerprint density at radius 2 is 1.36 bits per heavy atom. The molecule has 2 aromatic carbocycles. The highest BCUT2D eigenvalue weighted by Gasteiger charge is 2.47. The van der Waals surface area contributed by atoms with Gasteiger partial charge >= 0.3 is 18.5 Å². The Labute approximate surface area is 191 Å². The van der Waals surface area contributed by atoms with Crippen LogP contribution in [0.25, 0.3) is 0 Å². The molecule has 0 unspecified atom stereocenters. The van der Waals surface area contributed by atoms with Crippen LogP contribution >= 0.6 is 23.7 Å². The Balaban J connectivity index is 1.67. The lowest BCUT2D eigenvalue weighted by molar-refractivity contribution is -0.143. The molecule has 33 heavy (non-hydrogen) atoms. The minimum atomic E-state index is -4.98. The van der Waals surface area contributed by atoms with E-state index in [0.717, 1.165) is 30.3 Å². The second kappa shape index (κ2) is 8.24. The van der Waals surface area contributed by atoms with Gasteiger partial charge in [0.15, 0.2) is 0 Å². The largest absolute Gasteiger partial charge is 0.416 e. The summed E-state index contributed by atoms with van der Waals surface area (Å²) in [5.74, 6) is 0. The summed E-state index contributed by atoms with van der Waals surface area (Å²) in [4.78, 5) is 0. The van der Waals surface area contributed by atoms with Crippen molar-refractivity contribution < 1.29 is 39.5 Å². The fourth-order valence-corrected chi connectivity index (χ4v) is 5.65. The Kier molecular flexibility index (Phi) is 6.12. The summed E-state index contributed by atoms with van der Waals surface area (Å²) in [6, 6.07) is 2.25. The zero-order valence-corrected chi connectivity index (χ0v) is 17.8. The van der Waals surface area contributed by atoms with E-state index in [0.29, 0.717) is 25.0 Å². The molecule has 1 N–H and O–H groups in total. The molecule has 0 amide bonds. The van der Waals surface area contributed by atoms with Crippen molar-refractivity contribution >= 4 is 23.7 Å². The summed E-state index contributed by atoms with van der Waals surface area (Å²) in [6.07, 6.45) is -13.9. The first-order valence-corrected chi connectivity index (χ1v) is 10.7. The molecule has 2 aliphatic rings. The maximum atomic E-state index is 13.2. The molecule has 2 aromatic rings. The maximum absolute atomic E-state index is 13.2. The molecule has 4 rings (SSSR count). The first kappa shape index (κ1) is 24.5. The normalized spacial score (nSPS) is 24.4. The second-order valence-corrected chi connectivity index (χ2v) is 9.03. The van der Waals surface area contributed by atoms with Gasteiger partial charge in [-0.3, -0.25) is 0 Å². The summed E-state index contributed by atoms with van der Waals surface area (Å²) in [7, 11) is 0. The summed E-state index contributed by atoms with van der Waals surface area (Å²) in [5, 5.41) is 0.0936. The molecule has 0 aliphatic carbocycles. The molecular formula is C20H14ClF9N2S. The molecule has 13 heteroatoms. The van der Waals surface area contributed by atoms with Gasteiger partial charge in [-0.25, -0.2) is 9.03 Å². The third-order valence-electron chi connectivity index (χ3n) is 5.69. The smallest absolute Gasteiger partial charge is 0.241 e. The fourth-order valence-electron chi connectivity index (χ4n) is 4.17. The lowest BCUT2D eigenvalue weighted by atomic mass is 9.94. The van der Waals surface area contributed by atoms with Crippen LogP contribution in [0.5, 0.6) is 0 Å². The monoisotopic (exact) mass is 520 g/mol. The topological polar surface area (TPSA) is 15.3 Å². The Bertz CT molecular complexity index is 1020. The number of nitrogens with one attached hydrogen (secondary N) is 1. The number of rotatable bonds is 2. The summed E-state index contributed by atoms with van der Waals surface area (Å²) < 4.78 is 123. The highest BCUT2D eigenvalue weighted by atomic mass is 35.5. The van der Waals surface area contributed by atoms with Gasteiger partial charge in [0, 0.05) is 29.2 Å². The van der Waals surface area contributed by atoms with Crippen molar-refractivity contribution in [1.82, 2.24) is 9.03 Å². The van der Waals surface area contributed by atoms with Crippen LogP contribution in [0.2, 0.25) is 5.02 Å². The summed E-state index contributed by atoms with van der Waals surface area (Å²) >= 11 is 7.09. The molecule has 2 saturated heterocycles. The summed E-state index contributed by atoms with van der Waals surface area (Å²) in [5.41, 5.74) is -3.75. The van der Waals surface area contributed by atoms with Crippen molar-refractivity contribution in [3.05, 3.63) is 69.2 Å². The van der Waals surface area contributed by atoms with E-state index >= 15 is 0 Å². The first-order valence-electron chi connectivity index (χ1n) is 9.53. The number of fused-ring (bicyclic) bond motifs is 1. The standard InChI is InChI=1S/C20H14ClF9N2S/c21-14-2-1-10(18(22,23)24)8-13(14)15-3-4-16-17(31-33-32(15)16)9-5-11(19(25,26)27)7-12(6-9)20(28,29)30/h1-2,5-8,15-17,31H,3-4H2/t15-,16-,17+/m0/s1. The molecule has 0 radical (unpaired) electrons. The highest BCUT2D eigenvalue weighted by Crippen LogP contribution is 2.52. The molecule has 0 saturated carbocycles. The molecule has 2 aliphatic heterocycles. The number of halogens is 10. The van der Waals surface area contributed by atoms with E-state index in [1.54, 1.807) is 4.31 Å².